The zero-order valence-corrected chi connectivity index (χ0v) is 52.6. The molecule has 0 spiro atoms. The Morgan fingerprint density at radius 3 is 0.772 bits per heavy atom. The molecule has 79 heavy (non-hydrogen) atoms. The summed E-state index contributed by atoms with van der Waals surface area (Å²) in [5, 5.41) is 0. The molecule has 0 bridgehead atoms. The van der Waals surface area contributed by atoms with Crippen LogP contribution in [0.15, 0.2) is 72.9 Å². The van der Waals surface area contributed by atoms with Crippen LogP contribution in [0.4, 0.5) is 0 Å². The monoisotopic (exact) mass is 1100 g/mol. The largest absolute Gasteiger partial charge is 0.462 e. The number of carbonyl (C=O) groups excluding carboxylic acids is 3. The van der Waals surface area contributed by atoms with Gasteiger partial charge in [-0.3, -0.25) is 14.4 Å². The second-order valence-electron chi connectivity index (χ2n) is 23.1. The SMILES string of the molecule is CC/C=C\C/C=C\C/C=C\C/C=C\CCCCCCCCCCCCCCCCC(=O)OCC(COC(=O)CCCCCCCCC)OC(=O)CCCCCCCCCCCCCCCCC/C=C\C/C=C\CCCCCCC. The van der Waals surface area contributed by atoms with Gasteiger partial charge in [-0.05, 0) is 89.9 Å². The van der Waals surface area contributed by atoms with Gasteiger partial charge in [-0.1, -0.05) is 318 Å². The van der Waals surface area contributed by atoms with Gasteiger partial charge in [0.2, 0.25) is 0 Å². The molecular formula is C73H130O6. The van der Waals surface area contributed by atoms with Crippen LogP contribution >= 0.6 is 0 Å². The predicted molar refractivity (Wildman–Crippen MR) is 344 cm³/mol. The molecule has 0 N–H and O–H groups in total. The Kier molecular flexibility index (Phi) is 64.7. The summed E-state index contributed by atoms with van der Waals surface area (Å²) in [5.41, 5.74) is 0. The Bertz CT molecular complexity index is 1450. The highest BCUT2D eigenvalue weighted by atomic mass is 16.6. The van der Waals surface area contributed by atoms with Crippen LogP contribution in [0.25, 0.3) is 0 Å². The lowest BCUT2D eigenvalue weighted by molar-refractivity contribution is -0.167. The van der Waals surface area contributed by atoms with Gasteiger partial charge in [0.05, 0.1) is 0 Å². The summed E-state index contributed by atoms with van der Waals surface area (Å²) in [6.07, 6.45) is 88.1. The number of esters is 3. The van der Waals surface area contributed by atoms with E-state index in [1.165, 1.54) is 225 Å². The van der Waals surface area contributed by atoms with Crippen molar-refractivity contribution in [2.45, 2.75) is 361 Å². The molecule has 6 nitrogen and oxygen atoms in total. The molecule has 0 fully saturated rings. The molecule has 1 unspecified atom stereocenters. The first kappa shape index (κ1) is 75.8. The minimum atomic E-state index is -0.772. The molecule has 0 radical (unpaired) electrons. The van der Waals surface area contributed by atoms with Gasteiger partial charge in [-0.2, -0.15) is 0 Å². The average molecular weight is 1100 g/mol. The molecule has 0 saturated carbocycles. The van der Waals surface area contributed by atoms with E-state index in [0.717, 1.165) is 89.9 Å². The Morgan fingerprint density at radius 2 is 0.494 bits per heavy atom. The topological polar surface area (TPSA) is 78.9 Å². The molecule has 1 atom stereocenters. The third-order valence-electron chi connectivity index (χ3n) is 15.2. The van der Waals surface area contributed by atoms with Crippen molar-refractivity contribution in [3.05, 3.63) is 72.9 Å². The van der Waals surface area contributed by atoms with E-state index in [4.69, 9.17) is 14.2 Å². The fourth-order valence-corrected chi connectivity index (χ4v) is 10.1. The van der Waals surface area contributed by atoms with Crippen molar-refractivity contribution >= 4 is 17.9 Å². The van der Waals surface area contributed by atoms with Gasteiger partial charge in [-0.15, -0.1) is 0 Å². The molecule has 0 aromatic carbocycles. The van der Waals surface area contributed by atoms with Gasteiger partial charge in [0.15, 0.2) is 6.10 Å². The number of rotatable bonds is 63. The lowest BCUT2D eigenvalue weighted by atomic mass is 10.0. The summed E-state index contributed by atoms with van der Waals surface area (Å²) in [7, 11) is 0. The maximum Gasteiger partial charge on any atom is 0.306 e. The van der Waals surface area contributed by atoms with Crippen molar-refractivity contribution in [1.82, 2.24) is 0 Å². The first-order valence-electron chi connectivity index (χ1n) is 34.4. The minimum absolute atomic E-state index is 0.0713. The van der Waals surface area contributed by atoms with Crippen LogP contribution in [0.1, 0.15) is 355 Å². The van der Waals surface area contributed by atoms with E-state index in [0.29, 0.717) is 19.3 Å². The number of hydrogen-bond donors (Lipinski definition) is 0. The smallest absolute Gasteiger partial charge is 0.306 e. The van der Waals surface area contributed by atoms with E-state index < -0.39 is 6.10 Å². The van der Waals surface area contributed by atoms with E-state index >= 15 is 0 Å². The number of hydrogen-bond acceptors (Lipinski definition) is 6. The van der Waals surface area contributed by atoms with Gasteiger partial charge in [-0.25, -0.2) is 0 Å². The Labute approximate surface area is 491 Å². The highest BCUT2D eigenvalue weighted by Crippen LogP contribution is 2.18. The summed E-state index contributed by atoms with van der Waals surface area (Å²) in [6, 6.07) is 0. The van der Waals surface area contributed by atoms with Gasteiger partial charge in [0.25, 0.3) is 0 Å². The van der Waals surface area contributed by atoms with Crippen LogP contribution < -0.4 is 0 Å². The molecule has 0 aliphatic heterocycles. The lowest BCUT2D eigenvalue weighted by Gasteiger charge is -2.18. The Balaban J connectivity index is 4.06. The van der Waals surface area contributed by atoms with Crippen LogP contribution in [0, 0.1) is 0 Å². The maximum atomic E-state index is 12.9. The highest BCUT2D eigenvalue weighted by Gasteiger charge is 2.19. The van der Waals surface area contributed by atoms with Crippen LogP contribution in [-0.4, -0.2) is 37.2 Å². The highest BCUT2D eigenvalue weighted by molar-refractivity contribution is 5.71. The number of allylic oxidation sites excluding steroid dienone is 12. The molecule has 0 aromatic heterocycles. The normalized spacial score (nSPS) is 12.5. The third-order valence-corrected chi connectivity index (χ3v) is 15.2. The second kappa shape index (κ2) is 67.4. The minimum Gasteiger partial charge on any atom is -0.462 e. The van der Waals surface area contributed by atoms with Crippen molar-refractivity contribution < 1.29 is 28.6 Å². The van der Waals surface area contributed by atoms with E-state index in [2.05, 4.69) is 93.7 Å². The van der Waals surface area contributed by atoms with E-state index in [1.807, 2.05) is 0 Å². The quantitative estimate of drug-likeness (QED) is 0.0261. The van der Waals surface area contributed by atoms with E-state index in [1.54, 1.807) is 0 Å². The second-order valence-corrected chi connectivity index (χ2v) is 23.1. The molecule has 0 heterocycles. The maximum absolute atomic E-state index is 12.9. The number of ether oxygens (including phenoxy) is 3. The third kappa shape index (κ3) is 65.5. The van der Waals surface area contributed by atoms with Gasteiger partial charge in [0, 0.05) is 19.3 Å². The van der Waals surface area contributed by atoms with Crippen LogP contribution in [0.3, 0.4) is 0 Å². The van der Waals surface area contributed by atoms with Crippen molar-refractivity contribution in [3.8, 4) is 0 Å². The summed E-state index contributed by atoms with van der Waals surface area (Å²) >= 11 is 0. The molecule has 0 rings (SSSR count). The molecule has 6 heteroatoms. The lowest BCUT2D eigenvalue weighted by Crippen LogP contribution is -2.30. The van der Waals surface area contributed by atoms with E-state index in [-0.39, 0.29) is 31.1 Å². The van der Waals surface area contributed by atoms with Gasteiger partial charge in [0.1, 0.15) is 13.2 Å². The summed E-state index contributed by atoms with van der Waals surface area (Å²) in [6.45, 7) is 6.52. The number of carbonyl (C=O) groups is 3. The van der Waals surface area contributed by atoms with Crippen LogP contribution in [-0.2, 0) is 28.6 Å². The summed E-state index contributed by atoms with van der Waals surface area (Å²) in [5.74, 6) is -0.860. The molecule has 0 aliphatic rings. The molecular weight excluding hydrogens is 973 g/mol. The zero-order chi connectivity index (χ0) is 57.1. The van der Waals surface area contributed by atoms with Crippen molar-refractivity contribution in [3.63, 3.8) is 0 Å². The molecule has 0 saturated heterocycles. The molecule has 0 aliphatic carbocycles. The standard InChI is InChI=1S/C73H130O6/c1-4-7-10-13-16-18-20-22-24-26-28-30-32-34-36-38-40-42-44-46-48-50-52-54-57-60-63-66-72(75)78-69-70(68-77-71(74)65-62-59-56-15-12-9-6-3)79-73(76)67-64-61-58-55-53-51-49-47-45-43-41-39-37-35-33-31-29-27-25-23-21-19-17-14-11-8-5-2/h7,10,16,18,21-24,27-30,70H,4-6,8-9,11-15,17,19-20,25-26,31-69H2,1-3H3/b10-7-,18-16-,23-21-,24-22-,29-27-,30-28-. The van der Waals surface area contributed by atoms with Crippen molar-refractivity contribution in [1.29, 1.82) is 0 Å². The zero-order valence-electron chi connectivity index (χ0n) is 52.6. The van der Waals surface area contributed by atoms with Gasteiger partial charge < -0.3 is 14.2 Å². The molecule has 0 amide bonds. The van der Waals surface area contributed by atoms with Crippen LogP contribution in [0.2, 0.25) is 0 Å². The molecule has 0 aromatic rings. The van der Waals surface area contributed by atoms with Crippen LogP contribution in [0.5, 0.6) is 0 Å². The van der Waals surface area contributed by atoms with E-state index in [9.17, 15) is 14.4 Å². The fourth-order valence-electron chi connectivity index (χ4n) is 10.1. The fraction of sp³-hybridized carbons (Fsp3) is 0.795. The first-order valence-corrected chi connectivity index (χ1v) is 34.4. The first-order chi connectivity index (χ1) is 39.0. The average Bonchev–Trinajstić information content (AvgIpc) is 3.45. The number of unbranched alkanes of at least 4 members (excludes halogenated alkanes) is 40. The summed E-state index contributed by atoms with van der Waals surface area (Å²) < 4.78 is 16.9. The molecule has 458 valence electrons. The Morgan fingerprint density at radius 1 is 0.266 bits per heavy atom. The van der Waals surface area contributed by atoms with Crippen molar-refractivity contribution in [2.24, 2.45) is 0 Å². The Hall–Kier alpha value is -3.15. The van der Waals surface area contributed by atoms with Gasteiger partial charge >= 0.3 is 17.9 Å². The van der Waals surface area contributed by atoms with Crippen molar-refractivity contribution in [2.75, 3.05) is 13.2 Å². The summed E-state index contributed by atoms with van der Waals surface area (Å²) in [4.78, 5) is 38.2. The predicted octanol–water partition coefficient (Wildman–Crippen LogP) is 23.7.